The van der Waals surface area contributed by atoms with Crippen molar-refractivity contribution in [3.05, 3.63) is 38.8 Å². The zero-order chi connectivity index (χ0) is 19.8. The van der Waals surface area contributed by atoms with Crippen molar-refractivity contribution in [1.29, 1.82) is 0 Å². The van der Waals surface area contributed by atoms with E-state index in [0.29, 0.717) is 4.57 Å². The van der Waals surface area contributed by atoms with Crippen LogP contribution in [0.15, 0.2) is 12.1 Å². The van der Waals surface area contributed by atoms with Crippen molar-refractivity contribution in [1.82, 2.24) is 4.57 Å². The van der Waals surface area contributed by atoms with Crippen LogP contribution in [0.4, 0.5) is 17.6 Å². The molecule has 1 aromatic carbocycles. The number of halogens is 7. The second-order valence-corrected chi connectivity index (χ2v) is 6.16. The van der Waals surface area contributed by atoms with Crippen LogP contribution >= 0.6 is 34.8 Å². The standard InChI is InChI=1S/C15H10Cl3F4NO3/c1-23-13(15(20,21)22)12(17)11(14(23)18)6-3-9(7(16)4-8(6)19)26-5-10(24)25-2/h3-4H,5H2,1-2H3. The summed E-state index contributed by atoms with van der Waals surface area (Å²) in [5.74, 6) is -1.86. The highest BCUT2D eigenvalue weighted by Crippen LogP contribution is 2.47. The van der Waals surface area contributed by atoms with Gasteiger partial charge in [0, 0.05) is 18.2 Å². The maximum atomic E-state index is 14.3. The van der Waals surface area contributed by atoms with Gasteiger partial charge in [0.05, 0.1) is 17.2 Å². The number of aromatic nitrogens is 1. The van der Waals surface area contributed by atoms with Gasteiger partial charge in [-0.2, -0.15) is 13.2 Å². The van der Waals surface area contributed by atoms with Gasteiger partial charge < -0.3 is 14.0 Å². The fourth-order valence-electron chi connectivity index (χ4n) is 2.19. The second-order valence-electron chi connectivity index (χ2n) is 5.01. The van der Waals surface area contributed by atoms with Gasteiger partial charge in [-0.15, -0.1) is 0 Å². The summed E-state index contributed by atoms with van der Waals surface area (Å²) in [6.45, 7) is -0.536. The van der Waals surface area contributed by atoms with E-state index < -0.39 is 40.4 Å². The molecule has 0 spiro atoms. The number of hydrogen-bond donors (Lipinski definition) is 0. The molecule has 26 heavy (non-hydrogen) atoms. The third-order valence-corrected chi connectivity index (χ3v) is 4.50. The van der Waals surface area contributed by atoms with Crippen LogP contribution < -0.4 is 4.74 Å². The van der Waals surface area contributed by atoms with Crippen molar-refractivity contribution in [2.45, 2.75) is 6.18 Å². The third kappa shape index (κ3) is 3.87. The smallest absolute Gasteiger partial charge is 0.432 e. The first-order valence-corrected chi connectivity index (χ1v) is 7.92. The molecule has 2 aromatic rings. The average molecular weight is 435 g/mol. The average Bonchev–Trinajstić information content (AvgIpc) is 2.76. The summed E-state index contributed by atoms with van der Waals surface area (Å²) in [5, 5.41) is -1.40. The number of alkyl halides is 3. The predicted octanol–water partition coefficient (Wildman–Crippen LogP) is 5.36. The first-order chi connectivity index (χ1) is 12.0. The van der Waals surface area contributed by atoms with Crippen LogP contribution in [-0.2, 0) is 22.8 Å². The lowest BCUT2D eigenvalue weighted by Gasteiger charge is -2.11. The van der Waals surface area contributed by atoms with Crippen LogP contribution in [0, 0.1) is 5.82 Å². The van der Waals surface area contributed by atoms with Crippen LogP contribution in [0.5, 0.6) is 5.75 Å². The highest BCUT2D eigenvalue weighted by Gasteiger charge is 2.40. The predicted molar refractivity (Wildman–Crippen MR) is 88.4 cm³/mol. The molecule has 0 bridgehead atoms. The van der Waals surface area contributed by atoms with Gasteiger partial charge in [0.2, 0.25) is 0 Å². The fourth-order valence-corrected chi connectivity index (χ4v) is 3.15. The molecule has 0 aliphatic carbocycles. The van der Waals surface area contributed by atoms with Gasteiger partial charge in [0.25, 0.3) is 0 Å². The maximum Gasteiger partial charge on any atom is 0.432 e. The van der Waals surface area contributed by atoms with E-state index in [9.17, 15) is 22.4 Å². The van der Waals surface area contributed by atoms with Crippen molar-refractivity contribution in [2.75, 3.05) is 13.7 Å². The topological polar surface area (TPSA) is 40.5 Å². The molecule has 0 fully saturated rings. The third-order valence-electron chi connectivity index (χ3n) is 3.40. The number of ether oxygens (including phenoxy) is 2. The number of hydrogen-bond acceptors (Lipinski definition) is 3. The fraction of sp³-hybridized carbons (Fsp3) is 0.267. The molecule has 1 heterocycles. The molecule has 0 saturated heterocycles. The van der Waals surface area contributed by atoms with E-state index in [1.54, 1.807) is 0 Å². The summed E-state index contributed by atoms with van der Waals surface area (Å²) >= 11 is 17.6. The number of methoxy groups -OCH3 is 1. The monoisotopic (exact) mass is 433 g/mol. The summed E-state index contributed by atoms with van der Waals surface area (Å²) in [7, 11) is 2.18. The van der Waals surface area contributed by atoms with Crippen molar-refractivity contribution in [3.63, 3.8) is 0 Å². The van der Waals surface area contributed by atoms with E-state index in [0.717, 1.165) is 26.3 Å². The van der Waals surface area contributed by atoms with Gasteiger partial charge in [-0.3, -0.25) is 0 Å². The number of esters is 1. The Bertz CT molecular complexity index is 865. The highest BCUT2D eigenvalue weighted by molar-refractivity contribution is 6.40. The zero-order valence-corrected chi connectivity index (χ0v) is 15.4. The lowest BCUT2D eigenvalue weighted by Crippen LogP contribution is -2.12. The molecular weight excluding hydrogens is 425 g/mol. The van der Waals surface area contributed by atoms with Gasteiger partial charge in [0.1, 0.15) is 22.4 Å². The van der Waals surface area contributed by atoms with E-state index in [4.69, 9.17) is 39.5 Å². The molecule has 0 atom stereocenters. The molecule has 142 valence electrons. The lowest BCUT2D eigenvalue weighted by atomic mass is 10.1. The minimum atomic E-state index is -4.80. The molecule has 0 aliphatic rings. The molecular formula is C15H10Cl3F4NO3. The summed E-state index contributed by atoms with van der Waals surface area (Å²) in [6.07, 6.45) is -4.80. The number of carbonyl (C=O) groups is 1. The van der Waals surface area contributed by atoms with Crippen LogP contribution in [0.3, 0.4) is 0 Å². The van der Waals surface area contributed by atoms with Crippen LogP contribution in [-0.4, -0.2) is 24.3 Å². The molecule has 0 saturated carbocycles. The Labute approximate surface area is 160 Å². The van der Waals surface area contributed by atoms with E-state index in [2.05, 4.69) is 4.74 Å². The number of carbonyl (C=O) groups excluding carboxylic acids is 1. The summed E-state index contributed by atoms with van der Waals surface area (Å²) in [5.41, 5.74) is -1.97. The molecule has 1 aromatic heterocycles. The Morgan fingerprint density at radius 2 is 1.85 bits per heavy atom. The summed E-state index contributed by atoms with van der Waals surface area (Å²) < 4.78 is 63.9. The normalized spacial score (nSPS) is 11.6. The summed E-state index contributed by atoms with van der Waals surface area (Å²) in [4.78, 5) is 11.1. The molecule has 11 heteroatoms. The first-order valence-electron chi connectivity index (χ1n) is 6.78. The second kappa shape index (κ2) is 7.54. The number of benzene rings is 1. The van der Waals surface area contributed by atoms with E-state index in [1.165, 1.54) is 0 Å². The number of nitrogens with zero attached hydrogens (tertiary/aromatic N) is 1. The zero-order valence-electron chi connectivity index (χ0n) is 13.2. The Kier molecular flexibility index (Phi) is 5.99. The molecule has 0 radical (unpaired) electrons. The van der Waals surface area contributed by atoms with Crippen LogP contribution in [0.1, 0.15) is 5.69 Å². The lowest BCUT2D eigenvalue weighted by molar-refractivity contribution is -0.143. The highest BCUT2D eigenvalue weighted by atomic mass is 35.5. The Balaban J connectivity index is 2.61. The van der Waals surface area contributed by atoms with Gasteiger partial charge >= 0.3 is 12.1 Å². The largest absolute Gasteiger partial charge is 0.480 e. The van der Waals surface area contributed by atoms with Crippen molar-refractivity contribution >= 4 is 40.8 Å². The van der Waals surface area contributed by atoms with Crippen LogP contribution in [0.25, 0.3) is 11.1 Å². The molecule has 0 amide bonds. The quantitative estimate of drug-likeness (QED) is 0.480. The van der Waals surface area contributed by atoms with E-state index in [-0.39, 0.29) is 21.9 Å². The first kappa shape index (κ1) is 20.7. The minimum Gasteiger partial charge on any atom is -0.480 e. The number of rotatable bonds is 4. The molecule has 0 aliphatic heterocycles. The van der Waals surface area contributed by atoms with Crippen molar-refractivity contribution in [3.8, 4) is 16.9 Å². The van der Waals surface area contributed by atoms with Gasteiger partial charge in [-0.05, 0) is 12.1 Å². The minimum absolute atomic E-state index is 0.155. The van der Waals surface area contributed by atoms with E-state index >= 15 is 0 Å². The maximum absolute atomic E-state index is 14.3. The van der Waals surface area contributed by atoms with Gasteiger partial charge in [-0.1, -0.05) is 34.8 Å². The Morgan fingerprint density at radius 3 is 2.35 bits per heavy atom. The Morgan fingerprint density at radius 1 is 1.23 bits per heavy atom. The Hall–Kier alpha value is -1.64. The summed E-state index contributed by atoms with van der Waals surface area (Å²) in [6, 6.07) is 1.82. The molecule has 2 rings (SSSR count). The SMILES string of the molecule is COC(=O)COc1cc(-c2c(Cl)c(C(F)(F)F)n(C)c2Cl)c(F)cc1Cl. The molecule has 4 nitrogen and oxygen atoms in total. The van der Waals surface area contributed by atoms with Crippen molar-refractivity contribution < 1.29 is 31.8 Å². The molecule has 0 unspecified atom stereocenters. The van der Waals surface area contributed by atoms with Crippen molar-refractivity contribution in [2.24, 2.45) is 7.05 Å². The van der Waals surface area contributed by atoms with Gasteiger partial charge in [0.15, 0.2) is 6.61 Å². The van der Waals surface area contributed by atoms with Crippen LogP contribution in [0.2, 0.25) is 15.2 Å². The van der Waals surface area contributed by atoms with E-state index in [1.807, 2.05) is 0 Å². The molecule has 0 N–H and O–H groups in total. The van der Waals surface area contributed by atoms with Gasteiger partial charge in [-0.25, -0.2) is 9.18 Å².